The number of benzene rings is 2. The van der Waals surface area contributed by atoms with Crippen LogP contribution in [0.25, 0.3) is 0 Å². The zero-order valence-electron chi connectivity index (χ0n) is 17.1. The van der Waals surface area contributed by atoms with Gasteiger partial charge < -0.3 is 4.90 Å². The van der Waals surface area contributed by atoms with E-state index < -0.39 is 5.82 Å². The molecule has 2 aliphatic rings. The molecule has 31 heavy (non-hydrogen) atoms. The summed E-state index contributed by atoms with van der Waals surface area (Å²) in [5, 5.41) is 4.21. The van der Waals surface area contributed by atoms with Crippen LogP contribution >= 0.6 is 11.3 Å². The number of amides is 1. The van der Waals surface area contributed by atoms with Gasteiger partial charge in [-0.1, -0.05) is 30.3 Å². The summed E-state index contributed by atoms with van der Waals surface area (Å²) in [6, 6.07) is 15.3. The Hall–Kier alpha value is -2.57. The van der Waals surface area contributed by atoms with E-state index in [0.29, 0.717) is 18.7 Å². The first kappa shape index (κ1) is 20.3. The maximum atomic E-state index is 14.3. The Kier molecular flexibility index (Phi) is 5.59. The molecule has 0 saturated carbocycles. The minimum Gasteiger partial charge on any atom is -0.335 e. The molecular formula is C25H24F2N2OS. The van der Waals surface area contributed by atoms with Gasteiger partial charge in [0.1, 0.15) is 11.6 Å². The fraction of sp³-hybridized carbons (Fsp3) is 0.320. The fourth-order valence-corrected chi connectivity index (χ4v) is 5.90. The van der Waals surface area contributed by atoms with Gasteiger partial charge in [0.2, 0.25) is 0 Å². The van der Waals surface area contributed by atoms with Crippen molar-refractivity contribution in [2.24, 2.45) is 5.92 Å². The molecule has 6 heteroatoms. The summed E-state index contributed by atoms with van der Waals surface area (Å²) in [4.78, 5) is 17.4. The van der Waals surface area contributed by atoms with Crippen LogP contribution in [0.15, 0.2) is 65.4 Å². The van der Waals surface area contributed by atoms with Gasteiger partial charge in [0.05, 0.1) is 5.56 Å². The highest BCUT2D eigenvalue weighted by atomic mass is 32.1. The van der Waals surface area contributed by atoms with E-state index in [1.54, 1.807) is 35.6 Å². The Bertz CT molecular complexity index is 1070. The maximum Gasteiger partial charge on any atom is 0.257 e. The van der Waals surface area contributed by atoms with Crippen LogP contribution in [0, 0.1) is 17.6 Å². The lowest BCUT2D eigenvalue weighted by atomic mass is 9.82. The van der Waals surface area contributed by atoms with Crippen molar-refractivity contribution in [1.29, 1.82) is 0 Å². The predicted octanol–water partition coefficient (Wildman–Crippen LogP) is 5.16. The first-order valence-electron chi connectivity index (χ1n) is 10.6. The lowest BCUT2D eigenvalue weighted by molar-refractivity contribution is 0.0608. The summed E-state index contributed by atoms with van der Waals surface area (Å²) < 4.78 is 28.5. The van der Waals surface area contributed by atoms with Gasteiger partial charge in [0.25, 0.3) is 5.91 Å². The number of piperidine rings is 1. The van der Waals surface area contributed by atoms with E-state index in [4.69, 9.17) is 0 Å². The van der Waals surface area contributed by atoms with Crippen LogP contribution in [0.5, 0.6) is 0 Å². The number of carbonyl (C=O) groups is 1. The smallest absolute Gasteiger partial charge is 0.257 e. The molecule has 1 aromatic heterocycles. The number of rotatable bonds is 4. The molecule has 2 aliphatic heterocycles. The third kappa shape index (κ3) is 3.90. The van der Waals surface area contributed by atoms with E-state index in [-0.39, 0.29) is 35.2 Å². The summed E-state index contributed by atoms with van der Waals surface area (Å²) >= 11 is 1.65. The Morgan fingerprint density at radius 1 is 1.00 bits per heavy atom. The lowest BCUT2D eigenvalue weighted by Crippen LogP contribution is -2.47. The first-order valence-corrected chi connectivity index (χ1v) is 11.6. The summed E-state index contributed by atoms with van der Waals surface area (Å²) in [5.74, 6) is -0.434. The summed E-state index contributed by atoms with van der Waals surface area (Å²) in [7, 11) is 0. The molecule has 0 radical (unpaired) electrons. The number of likely N-dealkylation sites (tertiary alicyclic amines) is 2. The summed E-state index contributed by atoms with van der Waals surface area (Å²) in [5.41, 5.74) is 2.07. The van der Waals surface area contributed by atoms with E-state index >= 15 is 0 Å². The Morgan fingerprint density at radius 3 is 2.52 bits per heavy atom. The van der Waals surface area contributed by atoms with Gasteiger partial charge in [0, 0.05) is 49.6 Å². The highest BCUT2D eigenvalue weighted by molar-refractivity contribution is 7.08. The third-order valence-corrected chi connectivity index (χ3v) is 7.40. The summed E-state index contributed by atoms with van der Waals surface area (Å²) in [6.07, 6.45) is 0.806. The van der Waals surface area contributed by atoms with E-state index in [2.05, 4.69) is 21.7 Å². The van der Waals surface area contributed by atoms with Gasteiger partial charge in [-0.3, -0.25) is 9.69 Å². The second kappa shape index (κ2) is 8.52. The molecule has 0 aliphatic carbocycles. The van der Waals surface area contributed by atoms with Gasteiger partial charge in [0.15, 0.2) is 0 Å². The van der Waals surface area contributed by atoms with Crippen molar-refractivity contribution < 1.29 is 13.6 Å². The number of halogens is 2. The average molecular weight is 439 g/mol. The molecule has 0 bridgehead atoms. The quantitative estimate of drug-likeness (QED) is 0.562. The number of hydrogen-bond acceptors (Lipinski definition) is 3. The highest BCUT2D eigenvalue weighted by Crippen LogP contribution is 2.43. The molecule has 3 atom stereocenters. The molecule has 3 aromatic rings. The van der Waals surface area contributed by atoms with Crippen molar-refractivity contribution in [3.05, 3.63) is 93.7 Å². The van der Waals surface area contributed by atoms with Gasteiger partial charge in [-0.25, -0.2) is 8.78 Å². The molecule has 3 nitrogen and oxygen atoms in total. The number of hydrogen-bond donors (Lipinski definition) is 0. The van der Waals surface area contributed by atoms with Crippen molar-refractivity contribution in [3.8, 4) is 0 Å². The number of fused-ring (bicyclic) bond motifs is 1. The highest BCUT2D eigenvalue weighted by Gasteiger charge is 2.47. The van der Waals surface area contributed by atoms with Gasteiger partial charge in [-0.15, -0.1) is 0 Å². The fourth-order valence-electron chi connectivity index (χ4n) is 5.18. The van der Waals surface area contributed by atoms with Crippen LogP contribution < -0.4 is 0 Å². The van der Waals surface area contributed by atoms with Crippen molar-refractivity contribution in [2.75, 3.05) is 19.6 Å². The predicted molar refractivity (Wildman–Crippen MR) is 118 cm³/mol. The molecule has 0 spiro atoms. The molecule has 3 heterocycles. The van der Waals surface area contributed by atoms with Crippen molar-refractivity contribution in [3.63, 3.8) is 0 Å². The minimum absolute atomic E-state index is 0.0638. The third-order valence-electron chi connectivity index (χ3n) is 6.70. The SMILES string of the molecule is O=C(c1ccccc1F)N1C[C@H](c2ccsc2)[C@H]2CN(Cc3ccccc3F)CC[C@H]21. The van der Waals surface area contributed by atoms with E-state index in [0.717, 1.165) is 19.5 Å². The Labute approximate surface area is 184 Å². The monoisotopic (exact) mass is 438 g/mol. The van der Waals surface area contributed by atoms with E-state index in [1.165, 1.54) is 17.7 Å². The van der Waals surface area contributed by atoms with Crippen LogP contribution in [0.1, 0.15) is 33.8 Å². The zero-order chi connectivity index (χ0) is 21.4. The van der Waals surface area contributed by atoms with Crippen LogP contribution in [-0.4, -0.2) is 41.4 Å². The van der Waals surface area contributed by atoms with Gasteiger partial charge >= 0.3 is 0 Å². The lowest BCUT2D eigenvalue weighted by Gasteiger charge is -2.39. The van der Waals surface area contributed by atoms with Crippen molar-refractivity contribution in [1.82, 2.24) is 9.80 Å². The van der Waals surface area contributed by atoms with Crippen LogP contribution in [-0.2, 0) is 6.54 Å². The number of nitrogens with zero attached hydrogens (tertiary/aromatic N) is 2. The minimum atomic E-state index is -0.472. The molecule has 5 rings (SSSR count). The zero-order valence-corrected chi connectivity index (χ0v) is 17.9. The molecular weight excluding hydrogens is 414 g/mol. The van der Waals surface area contributed by atoms with E-state index in [1.807, 2.05) is 17.0 Å². The second-order valence-corrected chi connectivity index (χ2v) is 9.23. The van der Waals surface area contributed by atoms with Crippen LogP contribution in [0.2, 0.25) is 0 Å². The molecule has 2 fully saturated rings. The molecule has 1 amide bonds. The second-order valence-electron chi connectivity index (χ2n) is 8.45. The molecule has 2 saturated heterocycles. The topological polar surface area (TPSA) is 23.6 Å². The van der Waals surface area contributed by atoms with Crippen LogP contribution in [0.3, 0.4) is 0 Å². The number of thiophene rings is 1. The average Bonchev–Trinajstić information content (AvgIpc) is 3.43. The van der Waals surface area contributed by atoms with Gasteiger partial charge in [-0.05, 0) is 47.0 Å². The normalized spacial score (nSPS) is 23.7. The largest absolute Gasteiger partial charge is 0.335 e. The van der Waals surface area contributed by atoms with Crippen LogP contribution in [0.4, 0.5) is 8.78 Å². The van der Waals surface area contributed by atoms with Crippen molar-refractivity contribution >= 4 is 17.2 Å². The Balaban J connectivity index is 1.41. The molecule has 0 N–H and O–H groups in total. The van der Waals surface area contributed by atoms with E-state index in [9.17, 15) is 13.6 Å². The molecule has 0 unspecified atom stereocenters. The standard InChI is InChI=1S/C25H24F2N2OS/c26-22-7-3-1-5-17(22)13-28-11-9-24-21(14-28)20(18-10-12-31-16-18)15-29(24)25(30)19-6-2-4-8-23(19)27/h1-8,10,12,16,20-21,24H,9,11,13-15H2/t20-,21-,24-/m1/s1. The van der Waals surface area contributed by atoms with Gasteiger partial charge in [-0.2, -0.15) is 11.3 Å². The Morgan fingerprint density at radius 2 is 1.77 bits per heavy atom. The summed E-state index contributed by atoms with van der Waals surface area (Å²) in [6.45, 7) is 2.73. The van der Waals surface area contributed by atoms with Crippen molar-refractivity contribution in [2.45, 2.75) is 24.9 Å². The number of carbonyl (C=O) groups excluding carboxylic acids is 1. The molecule has 160 valence electrons. The first-order chi connectivity index (χ1) is 15.1. The maximum absolute atomic E-state index is 14.3. The molecule has 2 aromatic carbocycles.